The van der Waals surface area contributed by atoms with E-state index in [1.807, 2.05) is 23.1 Å². The second kappa shape index (κ2) is 6.46. The molecule has 19 heavy (non-hydrogen) atoms. The lowest BCUT2D eigenvalue weighted by atomic mass is 9.91. The third-order valence-electron chi connectivity index (χ3n) is 3.21. The fraction of sp³-hybridized carbons (Fsp3) is 0.786. The van der Waals surface area contributed by atoms with Gasteiger partial charge < -0.3 is 10.2 Å². The largest absolute Gasteiger partial charge is 0.346 e. The van der Waals surface area contributed by atoms with Crippen LogP contribution in [0.15, 0.2) is 0 Å². The van der Waals surface area contributed by atoms with Gasteiger partial charge in [0.1, 0.15) is 0 Å². The normalized spacial score (nSPS) is 16.9. The number of thiazole rings is 1. The molecule has 0 amide bonds. The Morgan fingerprint density at radius 2 is 1.95 bits per heavy atom. The van der Waals surface area contributed by atoms with Crippen LogP contribution in [0.4, 0.5) is 5.13 Å². The first kappa shape index (κ1) is 15.1. The van der Waals surface area contributed by atoms with Crippen LogP contribution in [0.3, 0.4) is 0 Å². The van der Waals surface area contributed by atoms with Gasteiger partial charge in [-0.3, -0.25) is 0 Å². The Bertz CT molecular complexity index is 403. The van der Waals surface area contributed by atoms with Crippen LogP contribution >= 0.6 is 23.1 Å². The van der Waals surface area contributed by atoms with Gasteiger partial charge in [0.05, 0.1) is 5.69 Å². The molecule has 0 bridgehead atoms. The first-order chi connectivity index (χ1) is 9.02. The molecule has 1 saturated heterocycles. The van der Waals surface area contributed by atoms with Crippen molar-refractivity contribution in [2.24, 2.45) is 0 Å². The van der Waals surface area contributed by atoms with E-state index < -0.39 is 0 Å². The summed E-state index contributed by atoms with van der Waals surface area (Å²) in [5.74, 6) is 2.46. The SMILES string of the molecule is CCNCc1sc(N2CCSCC2)nc1C(C)(C)C. The zero-order valence-corrected chi connectivity index (χ0v) is 14.1. The van der Waals surface area contributed by atoms with E-state index in [1.165, 1.54) is 27.2 Å². The predicted octanol–water partition coefficient (Wildman–Crippen LogP) is 3.10. The molecule has 0 spiro atoms. The highest BCUT2D eigenvalue weighted by molar-refractivity contribution is 7.99. The zero-order valence-electron chi connectivity index (χ0n) is 12.5. The number of hydrogen-bond acceptors (Lipinski definition) is 5. The number of anilines is 1. The molecule has 0 unspecified atom stereocenters. The van der Waals surface area contributed by atoms with Crippen molar-refractivity contribution in [1.29, 1.82) is 0 Å². The van der Waals surface area contributed by atoms with Crippen LogP contribution in [0.2, 0.25) is 0 Å². The van der Waals surface area contributed by atoms with Crippen molar-refractivity contribution in [3.05, 3.63) is 10.6 Å². The van der Waals surface area contributed by atoms with Crippen LogP contribution in [-0.4, -0.2) is 36.1 Å². The fourth-order valence-corrected chi connectivity index (χ4v) is 4.37. The van der Waals surface area contributed by atoms with Crippen molar-refractivity contribution in [2.45, 2.75) is 39.7 Å². The second-order valence-corrected chi connectivity index (χ2v) is 8.18. The number of nitrogens with one attached hydrogen (secondary N) is 1. The smallest absolute Gasteiger partial charge is 0.185 e. The molecule has 1 aromatic heterocycles. The number of rotatable bonds is 4. The molecular formula is C14H25N3S2. The summed E-state index contributed by atoms with van der Waals surface area (Å²) >= 11 is 3.92. The number of aromatic nitrogens is 1. The molecule has 1 fully saturated rings. The van der Waals surface area contributed by atoms with Crippen molar-refractivity contribution in [2.75, 3.05) is 36.0 Å². The predicted molar refractivity (Wildman–Crippen MR) is 87.7 cm³/mol. The first-order valence-corrected chi connectivity index (χ1v) is 9.03. The molecule has 0 saturated carbocycles. The average Bonchev–Trinajstić information content (AvgIpc) is 2.81. The summed E-state index contributed by atoms with van der Waals surface area (Å²) < 4.78 is 0. The molecule has 0 aliphatic carbocycles. The maximum Gasteiger partial charge on any atom is 0.185 e. The lowest BCUT2D eigenvalue weighted by molar-refractivity contribution is 0.560. The van der Waals surface area contributed by atoms with Crippen LogP contribution in [0.5, 0.6) is 0 Å². The molecule has 2 heterocycles. The molecule has 1 aliphatic rings. The van der Waals surface area contributed by atoms with E-state index in [0.717, 1.165) is 26.2 Å². The second-order valence-electron chi connectivity index (χ2n) is 5.90. The third kappa shape index (κ3) is 3.86. The van der Waals surface area contributed by atoms with Crippen LogP contribution in [0.1, 0.15) is 38.3 Å². The molecule has 0 atom stereocenters. The molecule has 5 heteroatoms. The Hall–Kier alpha value is -0.260. The van der Waals surface area contributed by atoms with Gasteiger partial charge in [-0.2, -0.15) is 11.8 Å². The highest BCUT2D eigenvalue weighted by atomic mass is 32.2. The van der Waals surface area contributed by atoms with Gasteiger partial charge in [0.25, 0.3) is 0 Å². The molecule has 2 rings (SSSR count). The van der Waals surface area contributed by atoms with Crippen molar-refractivity contribution in [3.63, 3.8) is 0 Å². The number of thioether (sulfide) groups is 1. The van der Waals surface area contributed by atoms with E-state index in [1.54, 1.807) is 0 Å². The number of nitrogens with zero attached hydrogens (tertiary/aromatic N) is 2. The molecular weight excluding hydrogens is 274 g/mol. The standard InChI is InChI=1S/C14H25N3S2/c1-5-15-10-11-12(14(2,3)4)16-13(19-11)17-6-8-18-9-7-17/h15H,5-10H2,1-4H3. The minimum absolute atomic E-state index is 0.129. The molecule has 1 aromatic rings. The maximum atomic E-state index is 4.95. The lowest BCUT2D eigenvalue weighted by Gasteiger charge is -2.25. The Labute approximate surface area is 125 Å². The summed E-state index contributed by atoms with van der Waals surface area (Å²) in [4.78, 5) is 8.81. The fourth-order valence-electron chi connectivity index (χ4n) is 2.17. The van der Waals surface area contributed by atoms with E-state index in [2.05, 4.69) is 37.9 Å². The van der Waals surface area contributed by atoms with Crippen molar-refractivity contribution >= 4 is 28.2 Å². The maximum absolute atomic E-state index is 4.95. The van der Waals surface area contributed by atoms with Crippen LogP contribution in [-0.2, 0) is 12.0 Å². The highest BCUT2D eigenvalue weighted by Crippen LogP contribution is 2.34. The zero-order chi connectivity index (χ0) is 13.9. The minimum atomic E-state index is 0.129. The Morgan fingerprint density at radius 3 is 2.53 bits per heavy atom. The van der Waals surface area contributed by atoms with Crippen LogP contribution in [0.25, 0.3) is 0 Å². The molecule has 1 aliphatic heterocycles. The average molecular weight is 300 g/mol. The molecule has 0 aromatic carbocycles. The summed E-state index contributed by atoms with van der Waals surface area (Å²) in [6.45, 7) is 13.2. The summed E-state index contributed by atoms with van der Waals surface area (Å²) in [7, 11) is 0. The van der Waals surface area contributed by atoms with Gasteiger partial charge in [-0.25, -0.2) is 4.98 Å². The van der Waals surface area contributed by atoms with E-state index in [-0.39, 0.29) is 5.41 Å². The molecule has 108 valence electrons. The van der Waals surface area contributed by atoms with Gasteiger partial charge in [-0.1, -0.05) is 27.7 Å². The number of hydrogen-bond donors (Lipinski definition) is 1. The van der Waals surface area contributed by atoms with E-state index in [4.69, 9.17) is 4.98 Å². The lowest BCUT2D eigenvalue weighted by Crippen LogP contribution is -2.32. The van der Waals surface area contributed by atoms with Gasteiger partial charge in [0.15, 0.2) is 5.13 Å². The van der Waals surface area contributed by atoms with Crippen molar-refractivity contribution in [1.82, 2.24) is 10.3 Å². The van der Waals surface area contributed by atoms with Crippen LogP contribution < -0.4 is 10.2 Å². The van der Waals surface area contributed by atoms with Crippen molar-refractivity contribution < 1.29 is 0 Å². The quantitative estimate of drug-likeness (QED) is 0.925. The Morgan fingerprint density at radius 1 is 1.26 bits per heavy atom. The van der Waals surface area contributed by atoms with Crippen LogP contribution in [0, 0.1) is 0 Å². The first-order valence-electron chi connectivity index (χ1n) is 7.06. The van der Waals surface area contributed by atoms with Gasteiger partial charge in [0, 0.05) is 41.4 Å². The summed E-state index contributed by atoms with van der Waals surface area (Å²) in [6, 6.07) is 0. The van der Waals surface area contributed by atoms with E-state index in [0.29, 0.717) is 0 Å². The Kier molecular flexibility index (Phi) is 5.15. The highest BCUT2D eigenvalue weighted by Gasteiger charge is 2.25. The third-order valence-corrected chi connectivity index (χ3v) is 5.27. The summed E-state index contributed by atoms with van der Waals surface area (Å²) in [6.07, 6.45) is 0. The summed E-state index contributed by atoms with van der Waals surface area (Å²) in [5, 5.41) is 4.66. The molecule has 1 N–H and O–H groups in total. The van der Waals surface area contributed by atoms with Gasteiger partial charge in [0.2, 0.25) is 0 Å². The monoisotopic (exact) mass is 299 g/mol. The Balaban J connectivity index is 2.22. The summed E-state index contributed by atoms with van der Waals surface area (Å²) in [5.41, 5.74) is 1.40. The van der Waals surface area contributed by atoms with E-state index in [9.17, 15) is 0 Å². The molecule has 3 nitrogen and oxygen atoms in total. The van der Waals surface area contributed by atoms with Gasteiger partial charge >= 0.3 is 0 Å². The van der Waals surface area contributed by atoms with Gasteiger partial charge in [-0.15, -0.1) is 11.3 Å². The minimum Gasteiger partial charge on any atom is -0.346 e. The van der Waals surface area contributed by atoms with Gasteiger partial charge in [-0.05, 0) is 6.54 Å². The molecule has 0 radical (unpaired) electrons. The van der Waals surface area contributed by atoms with Crippen molar-refractivity contribution in [3.8, 4) is 0 Å². The topological polar surface area (TPSA) is 28.2 Å². The van der Waals surface area contributed by atoms with E-state index >= 15 is 0 Å².